The van der Waals surface area contributed by atoms with Crippen molar-refractivity contribution in [1.82, 2.24) is 23.6 Å². The number of hydrogen-bond acceptors (Lipinski definition) is 7. The Morgan fingerprint density at radius 2 is 1.71 bits per heavy atom. The summed E-state index contributed by atoms with van der Waals surface area (Å²) < 4.78 is 44.0. The molecule has 9 nitrogen and oxygen atoms in total. The topological polar surface area (TPSA) is 81.8 Å². The summed E-state index contributed by atoms with van der Waals surface area (Å²) in [5, 5.41) is 4.97. The lowest BCUT2D eigenvalue weighted by atomic mass is 10.1. The maximum absolute atomic E-state index is 13.4. The number of ether oxygens (including phenoxy) is 2. The second-order valence-electron chi connectivity index (χ2n) is 10.0. The van der Waals surface area contributed by atoms with Gasteiger partial charge in [0.2, 0.25) is 10.0 Å². The van der Waals surface area contributed by atoms with E-state index >= 15 is 0 Å². The zero-order chi connectivity index (χ0) is 26.9. The average molecular weight is 558 g/mol. The molecule has 3 atom stereocenters. The van der Waals surface area contributed by atoms with Crippen molar-refractivity contribution in [3.8, 4) is 11.4 Å². The Hall–Kier alpha value is -2.41. The van der Waals surface area contributed by atoms with Gasteiger partial charge >= 0.3 is 0 Å². The van der Waals surface area contributed by atoms with Gasteiger partial charge in [-0.15, -0.1) is 0 Å². The number of hydrogen-bond donors (Lipinski definition) is 0. The average Bonchev–Trinajstić information content (AvgIpc) is 3.24. The van der Waals surface area contributed by atoms with Gasteiger partial charge in [-0.1, -0.05) is 42.5 Å². The highest BCUT2D eigenvalue weighted by Gasteiger charge is 2.28. The number of benzene rings is 2. The Morgan fingerprint density at radius 1 is 1.03 bits per heavy atom. The van der Waals surface area contributed by atoms with Crippen molar-refractivity contribution in [3.05, 3.63) is 64.9 Å². The molecule has 3 aromatic rings. The van der Waals surface area contributed by atoms with Crippen molar-refractivity contribution >= 4 is 22.2 Å². The van der Waals surface area contributed by atoms with E-state index in [1.165, 1.54) is 4.31 Å². The molecule has 0 radical (unpaired) electrons. The molecule has 2 aliphatic heterocycles. The molecular formula is C27H35N5O4S2. The summed E-state index contributed by atoms with van der Waals surface area (Å²) in [4.78, 5) is 2.54. The van der Waals surface area contributed by atoms with Crippen LogP contribution in [0.5, 0.6) is 0 Å². The third kappa shape index (κ3) is 5.63. The number of nitrogens with zero attached hydrogens (tertiary/aromatic N) is 5. The minimum Gasteiger partial charge on any atom is -0.379 e. The van der Waals surface area contributed by atoms with E-state index in [0.29, 0.717) is 49.1 Å². The Balaban J connectivity index is 1.56. The summed E-state index contributed by atoms with van der Waals surface area (Å²) in [7, 11) is -3.65. The van der Waals surface area contributed by atoms with Gasteiger partial charge in [0.1, 0.15) is 0 Å². The van der Waals surface area contributed by atoms with E-state index in [9.17, 15) is 8.42 Å². The van der Waals surface area contributed by atoms with Gasteiger partial charge < -0.3 is 9.47 Å². The minimum atomic E-state index is -3.65. The van der Waals surface area contributed by atoms with Crippen molar-refractivity contribution in [2.24, 2.45) is 0 Å². The van der Waals surface area contributed by atoms with Crippen LogP contribution in [-0.2, 0) is 26.2 Å². The van der Waals surface area contributed by atoms with Crippen LogP contribution < -0.4 is 0 Å². The van der Waals surface area contributed by atoms with E-state index in [1.54, 1.807) is 18.2 Å². The first-order valence-electron chi connectivity index (χ1n) is 13.0. The molecule has 0 bridgehead atoms. The Labute approximate surface area is 229 Å². The monoisotopic (exact) mass is 557 g/mol. The lowest BCUT2D eigenvalue weighted by Gasteiger charge is -2.34. The fourth-order valence-electron chi connectivity index (χ4n) is 5.26. The molecule has 0 amide bonds. The van der Waals surface area contributed by atoms with Crippen LogP contribution in [0.1, 0.15) is 32.4 Å². The van der Waals surface area contributed by atoms with E-state index in [0.717, 1.165) is 18.7 Å². The summed E-state index contributed by atoms with van der Waals surface area (Å²) in [6, 6.07) is 17.0. The zero-order valence-electron chi connectivity index (χ0n) is 22.1. The van der Waals surface area contributed by atoms with Gasteiger partial charge in [0.05, 0.1) is 43.0 Å². The molecule has 0 N–H and O–H groups in total. The molecule has 2 aliphatic rings. The first kappa shape index (κ1) is 27.2. The molecule has 2 saturated heterocycles. The summed E-state index contributed by atoms with van der Waals surface area (Å²) in [5.74, 6) is 0.639. The molecule has 5 rings (SSSR count). The largest absolute Gasteiger partial charge is 0.379 e. The van der Waals surface area contributed by atoms with Crippen molar-refractivity contribution in [3.63, 3.8) is 0 Å². The standard InChI is InChI=1S/C27H35N5O4S2/c1-20-17-29(18-21(2)36-20)19-31-27(37)32(22(3)23-8-5-4-6-9-23)26(28-31)24-10-7-11-25(16-24)38(33,34)30-12-14-35-15-13-30/h4-11,16,20-22H,12-15,17-19H2,1-3H3/t20-,21+,22-/m0/s1. The molecule has 0 aliphatic carbocycles. The second kappa shape index (κ2) is 11.4. The zero-order valence-corrected chi connectivity index (χ0v) is 23.7. The Kier molecular flexibility index (Phi) is 8.13. The van der Waals surface area contributed by atoms with Gasteiger partial charge in [-0.2, -0.15) is 9.40 Å². The fourth-order valence-corrected chi connectivity index (χ4v) is 7.06. The van der Waals surface area contributed by atoms with Crippen LogP contribution in [0.3, 0.4) is 0 Å². The van der Waals surface area contributed by atoms with E-state index < -0.39 is 10.0 Å². The summed E-state index contributed by atoms with van der Waals surface area (Å²) in [6.45, 7) is 9.83. The number of sulfonamides is 1. The van der Waals surface area contributed by atoms with Gasteiger partial charge in [-0.3, -0.25) is 9.47 Å². The lowest BCUT2D eigenvalue weighted by molar-refractivity contribution is -0.0777. The highest BCUT2D eigenvalue weighted by atomic mass is 32.2. The van der Waals surface area contributed by atoms with E-state index in [-0.39, 0.29) is 23.1 Å². The van der Waals surface area contributed by atoms with Gasteiger partial charge in [-0.05, 0) is 50.7 Å². The molecule has 2 aromatic carbocycles. The van der Waals surface area contributed by atoms with Crippen molar-refractivity contribution < 1.29 is 17.9 Å². The molecular weight excluding hydrogens is 522 g/mol. The van der Waals surface area contributed by atoms with E-state index in [2.05, 4.69) is 37.8 Å². The van der Waals surface area contributed by atoms with Crippen LogP contribution in [0.25, 0.3) is 11.4 Å². The Morgan fingerprint density at radius 3 is 2.39 bits per heavy atom. The number of morpholine rings is 2. The molecule has 204 valence electrons. The number of rotatable bonds is 7. The smallest absolute Gasteiger partial charge is 0.243 e. The van der Waals surface area contributed by atoms with Gasteiger partial charge in [-0.25, -0.2) is 13.1 Å². The molecule has 38 heavy (non-hydrogen) atoms. The first-order valence-corrected chi connectivity index (χ1v) is 14.9. The van der Waals surface area contributed by atoms with Crippen LogP contribution >= 0.6 is 12.2 Å². The fraction of sp³-hybridized carbons (Fsp3) is 0.481. The molecule has 11 heteroatoms. The highest BCUT2D eigenvalue weighted by molar-refractivity contribution is 7.89. The molecule has 0 spiro atoms. The predicted molar refractivity (Wildman–Crippen MR) is 148 cm³/mol. The second-order valence-corrected chi connectivity index (χ2v) is 12.3. The number of aromatic nitrogens is 3. The maximum Gasteiger partial charge on any atom is 0.243 e. The summed E-state index contributed by atoms with van der Waals surface area (Å²) in [5.41, 5.74) is 1.80. The van der Waals surface area contributed by atoms with Gasteiger partial charge in [0.15, 0.2) is 10.6 Å². The first-order chi connectivity index (χ1) is 18.2. The lowest BCUT2D eigenvalue weighted by Crippen LogP contribution is -2.46. The third-order valence-electron chi connectivity index (χ3n) is 7.07. The Bertz CT molecular complexity index is 1410. The molecule has 1 aromatic heterocycles. The van der Waals surface area contributed by atoms with Crippen LogP contribution in [0.15, 0.2) is 59.5 Å². The maximum atomic E-state index is 13.4. The van der Waals surface area contributed by atoms with Crippen LogP contribution in [0.4, 0.5) is 0 Å². The van der Waals surface area contributed by atoms with Crippen molar-refractivity contribution in [1.29, 1.82) is 0 Å². The van der Waals surface area contributed by atoms with E-state index in [4.69, 9.17) is 26.8 Å². The third-order valence-corrected chi connectivity index (χ3v) is 9.37. The molecule has 2 fully saturated rings. The van der Waals surface area contributed by atoms with Crippen LogP contribution in [0, 0.1) is 4.77 Å². The molecule has 0 unspecified atom stereocenters. The van der Waals surface area contributed by atoms with Crippen LogP contribution in [0.2, 0.25) is 0 Å². The predicted octanol–water partition coefficient (Wildman–Crippen LogP) is 3.78. The quantitative estimate of drug-likeness (QED) is 0.409. The normalized spacial score (nSPS) is 22.4. The van der Waals surface area contributed by atoms with Gasteiger partial charge in [0.25, 0.3) is 0 Å². The van der Waals surface area contributed by atoms with Crippen molar-refractivity contribution in [2.75, 3.05) is 39.4 Å². The van der Waals surface area contributed by atoms with Crippen molar-refractivity contribution in [2.45, 2.75) is 50.6 Å². The van der Waals surface area contributed by atoms with Gasteiger partial charge in [0, 0.05) is 31.7 Å². The van der Waals surface area contributed by atoms with E-state index in [1.807, 2.05) is 33.5 Å². The molecule has 0 saturated carbocycles. The highest BCUT2D eigenvalue weighted by Crippen LogP contribution is 2.29. The molecule has 3 heterocycles. The summed E-state index contributed by atoms with van der Waals surface area (Å²) >= 11 is 5.99. The van der Waals surface area contributed by atoms with Crippen LogP contribution in [-0.4, -0.2) is 83.6 Å². The SMILES string of the molecule is C[C@@H]1CN(Cn2nc(-c3cccc(S(=O)(=O)N4CCOCC4)c3)n([C@@H](C)c3ccccc3)c2=S)C[C@H](C)O1. The summed E-state index contributed by atoms with van der Waals surface area (Å²) in [6.07, 6.45) is 0.250. The minimum absolute atomic E-state index is 0.102.